The highest BCUT2D eigenvalue weighted by molar-refractivity contribution is 6.33. The van der Waals surface area contributed by atoms with Crippen molar-refractivity contribution in [2.45, 2.75) is 26.3 Å². The normalized spacial score (nSPS) is 11.9. The maximum atomic E-state index is 12.1. The summed E-state index contributed by atoms with van der Waals surface area (Å²) in [6.07, 6.45) is 4.03. The zero-order valence-electron chi connectivity index (χ0n) is 11.6. The number of pyridine rings is 1. The van der Waals surface area contributed by atoms with Crippen molar-refractivity contribution in [1.29, 1.82) is 0 Å². The fourth-order valence-corrected chi connectivity index (χ4v) is 2.16. The first-order chi connectivity index (χ1) is 9.61. The summed E-state index contributed by atoms with van der Waals surface area (Å²) in [6.45, 7) is 4.07. The van der Waals surface area contributed by atoms with Gasteiger partial charge in [-0.3, -0.25) is 9.78 Å². The van der Waals surface area contributed by atoms with E-state index in [4.69, 9.17) is 11.6 Å². The van der Waals surface area contributed by atoms with Gasteiger partial charge in [0.05, 0.1) is 16.6 Å². The Morgan fingerprint density at radius 3 is 2.60 bits per heavy atom. The average Bonchev–Trinajstić information content (AvgIpc) is 2.47. The first kappa shape index (κ1) is 14.5. The maximum Gasteiger partial charge on any atom is 0.253 e. The third-order valence-electron chi connectivity index (χ3n) is 3.25. The molecule has 0 radical (unpaired) electrons. The summed E-state index contributed by atoms with van der Waals surface area (Å²) in [6, 6.07) is 9.78. The van der Waals surface area contributed by atoms with Crippen LogP contribution < -0.4 is 5.32 Å². The molecule has 3 nitrogen and oxygen atoms in total. The van der Waals surface area contributed by atoms with Gasteiger partial charge in [0.2, 0.25) is 0 Å². The van der Waals surface area contributed by atoms with Gasteiger partial charge in [-0.05, 0) is 30.5 Å². The van der Waals surface area contributed by atoms with Crippen LogP contribution in [-0.2, 0) is 6.42 Å². The summed E-state index contributed by atoms with van der Waals surface area (Å²) in [5.41, 5.74) is 2.80. The predicted molar refractivity (Wildman–Crippen MR) is 80.9 cm³/mol. The van der Waals surface area contributed by atoms with Gasteiger partial charge in [-0.2, -0.15) is 0 Å². The van der Waals surface area contributed by atoms with E-state index in [1.807, 2.05) is 19.1 Å². The van der Waals surface area contributed by atoms with Gasteiger partial charge >= 0.3 is 0 Å². The molecule has 2 rings (SSSR count). The minimum absolute atomic E-state index is 0.0716. The molecule has 1 aromatic carbocycles. The van der Waals surface area contributed by atoms with Crippen LogP contribution in [0, 0.1) is 0 Å². The van der Waals surface area contributed by atoms with Gasteiger partial charge in [0, 0.05) is 12.4 Å². The molecule has 0 spiro atoms. The molecule has 1 unspecified atom stereocenters. The Hall–Kier alpha value is -1.87. The van der Waals surface area contributed by atoms with E-state index >= 15 is 0 Å². The second-order valence-electron chi connectivity index (χ2n) is 4.65. The molecule has 104 valence electrons. The fraction of sp³-hybridized carbons (Fsp3) is 0.250. The third-order valence-corrected chi connectivity index (χ3v) is 3.55. The van der Waals surface area contributed by atoms with Crippen LogP contribution in [0.5, 0.6) is 0 Å². The molecule has 20 heavy (non-hydrogen) atoms. The number of benzene rings is 1. The minimum Gasteiger partial charge on any atom is -0.345 e. The van der Waals surface area contributed by atoms with Crippen LogP contribution >= 0.6 is 11.6 Å². The third kappa shape index (κ3) is 3.36. The number of hydrogen-bond donors (Lipinski definition) is 1. The molecule has 1 heterocycles. The van der Waals surface area contributed by atoms with Crippen LogP contribution in [0.1, 0.15) is 41.4 Å². The second kappa shape index (κ2) is 6.53. The summed E-state index contributed by atoms with van der Waals surface area (Å²) < 4.78 is 0. The van der Waals surface area contributed by atoms with Crippen LogP contribution in [0.4, 0.5) is 0 Å². The van der Waals surface area contributed by atoms with E-state index in [2.05, 4.69) is 29.4 Å². The van der Waals surface area contributed by atoms with Crippen molar-refractivity contribution in [3.8, 4) is 0 Å². The van der Waals surface area contributed by atoms with E-state index in [-0.39, 0.29) is 11.9 Å². The van der Waals surface area contributed by atoms with Crippen molar-refractivity contribution in [2.75, 3.05) is 0 Å². The molecule has 2 aromatic rings. The van der Waals surface area contributed by atoms with Crippen molar-refractivity contribution in [3.63, 3.8) is 0 Å². The van der Waals surface area contributed by atoms with Gasteiger partial charge in [-0.25, -0.2) is 0 Å². The highest BCUT2D eigenvalue weighted by atomic mass is 35.5. The molecule has 4 heteroatoms. The van der Waals surface area contributed by atoms with Crippen LogP contribution in [-0.4, -0.2) is 10.9 Å². The molecule has 0 aliphatic heterocycles. The lowest BCUT2D eigenvalue weighted by molar-refractivity contribution is 0.0940. The molecule has 0 saturated heterocycles. The number of nitrogens with one attached hydrogen (secondary N) is 1. The van der Waals surface area contributed by atoms with Gasteiger partial charge in [-0.1, -0.05) is 42.8 Å². The van der Waals surface area contributed by atoms with Gasteiger partial charge < -0.3 is 5.32 Å². The number of carbonyl (C=O) groups excluding carboxylic acids is 1. The summed E-state index contributed by atoms with van der Waals surface area (Å²) >= 11 is 5.96. The molecule has 0 saturated carbocycles. The summed E-state index contributed by atoms with van der Waals surface area (Å²) in [5, 5.41) is 3.30. The number of rotatable bonds is 4. The van der Waals surface area contributed by atoms with Crippen LogP contribution in [0.3, 0.4) is 0 Å². The van der Waals surface area contributed by atoms with Crippen molar-refractivity contribution in [3.05, 3.63) is 64.4 Å². The van der Waals surface area contributed by atoms with Gasteiger partial charge in [0.1, 0.15) is 0 Å². The Kier molecular flexibility index (Phi) is 4.74. The second-order valence-corrected chi connectivity index (χ2v) is 5.05. The van der Waals surface area contributed by atoms with Gasteiger partial charge in [0.25, 0.3) is 5.91 Å². The summed E-state index contributed by atoms with van der Waals surface area (Å²) in [4.78, 5) is 16.0. The molecule has 0 bridgehead atoms. The van der Waals surface area contributed by atoms with Crippen molar-refractivity contribution >= 4 is 17.5 Å². The smallest absolute Gasteiger partial charge is 0.253 e. The minimum atomic E-state index is -0.190. The van der Waals surface area contributed by atoms with Gasteiger partial charge in [-0.15, -0.1) is 0 Å². The van der Waals surface area contributed by atoms with Crippen molar-refractivity contribution < 1.29 is 4.79 Å². The topological polar surface area (TPSA) is 42.0 Å². The molecule has 0 fully saturated rings. The number of halogens is 1. The Morgan fingerprint density at radius 1 is 1.30 bits per heavy atom. The Morgan fingerprint density at radius 2 is 2.00 bits per heavy atom. The standard InChI is InChI=1S/C16H17ClN2O/c1-3-12-4-6-13(7-5-12)11(2)19-16(20)14-8-9-18-10-15(14)17/h4-11H,3H2,1-2H3,(H,19,20). The van der Waals surface area contributed by atoms with E-state index in [1.54, 1.807) is 12.3 Å². The molecule has 0 aliphatic carbocycles. The predicted octanol–water partition coefficient (Wildman–Crippen LogP) is 3.79. The number of carbonyl (C=O) groups is 1. The van der Waals surface area contributed by atoms with Crippen LogP contribution in [0.2, 0.25) is 5.02 Å². The molecule has 1 atom stereocenters. The number of amides is 1. The molecule has 1 N–H and O–H groups in total. The SMILES string of the molecule is CCc1ccc(C(C)NC(=O)c2ccncc2Cl)cc1. The van der Waals surface area contributed by atoms with Crippen molar-refractivity contribution in [2.24, 2.45) is 0 Å². The summed E-state index contributed by atoms with van der Waals surface area (Å²) in [5.74, 6) is -0.190. The van der Waals surface area contributed by atoms with Crippen LogP contribution in [0.15, 0.2) is 42.7 Å². The van der Waals surface area contributed by atoms with E-state index in [0.717, 1.165) is 12.0 Å². The average molecular weight is 289 g/mol. The zero-order valence-corrected chi connectivity index (χ0v) is 12.3. The monoisotopic (exact) mass is 288 g/mol. The van der Waals surface area contributed by atoms with Crippen molar-refractivity contribution in [1.82, 2.24) is 10.3 Å². The first-order valence-electron chi connectivity index (χ1n) is 6.61. The highest BCUT2D eigenvalue weighted by Gasteiger charge is 2.13. The molecule has 1 aromatic heterocycles. The lowest BCUT2D eigenvalue weighted by atomic mass is 10.0. The first-order valence-corrected chi connectivity index (χ1v) is 6.98. The number of hydrogen-bond acceptors (Lipinski definition) is 2. The Labute approximate surface area is 124 Å². The highest BCUT2D eigenvalue weighted by Crippen LogP contribution is 2.17. The lowest BCUT2D eigenvalue weighted by Gasteiger charge is -2.15. The van der Waals surface area contributed by atoms with Gasteiger partial charge in [0.15, 0.2) is 0 Å². The lowest BCUT2D eigenvalue weighted by Crippen LogP contribution is -2.26. The fourth-order valence-electron chi connectivity index (χ4n) is 1.96. The number of nitrogens with zero attached hydrogens (tertiary/aromatic N) is 1. The van der Waals surface area contributed by atoms with Crippen LogP contribution in [0.25, 0.3) is 0 Å². The quantitative estimate of drug-likeness (QED) is 0.930. The Balaban J connectivity index is 2.09. The summed E-state index contributed by atoms with van der Waals surface area (Å²) in [7, 11) is 0. The Bertz CT molecular complexity index is 596. The molecule has 0 aliphatic rings. The van der Waals surface area contributed by atoms with E-state index in [1.165, 1.54) is 11.8 Å². The van der Waals surface area contributed by atoms with E-state index < -0.39 is 0 Å². The molecule has 1 amide bonds. The molecular weight excluding hydrogens is 272 g/mol. The maximum absolute atomic E-state index is 12.1. The number of aryl methyl sites for hydroxylation is 1. The largest absolute Gasteiger partial charge is 0.345 e. The molecular formula is C16H17ClN2O. The van der Waals surface area contributed by atoms with E-state index in [9.17, 15) is 4.79 Å². The zero-order chi connectivity index (χ0) is 14.5. The number of aromatic nitrogens is 1. The van der Waals surface area contributed by atoms with E-state index in [0.29, 0.717) is 10.6 Å².